The van der Waals surface area contributed by atoms with E-state index in [0.717, 1.165) is 65.4 Å². The molecule has 0 aliphatic rings. The van der Waals surface area contributed by atoms with Crippen LogP contribution in [0.15, 0.2) is 60.8 Å². The van der Waals surface area contributed by atoms with E-state index in [0.29, 0.717) is 19.7 Å². The number of unbranched alkanes of at least 4 members (excludes halogenated alkanes) is 2. The zero-order chi connectivity index (χ0) is 23.0. The van der Waals surface area contributed by atoms with Gasteiger partial charge in [0.1, 0.15) is 23.5 Å². The van der Waals surface area contributed by atoms with Crippen molar-refractivity contribution in [1.29, 1.82) is 0 Å². The Morgan fingerprint density at radius 3 is 2.56 bits per heavy atom. The summed E-state index contributed by atoms with van der Waals surface area (Å²) in [6.07, 6.45) is 5.32. The summed E-state index contributed by atoms with van der Waals surface area (Å²) in [5.74, 6) is 0.904. The summed E-state index contributed by atoms with van der Waals surface area (Å²) in [6.45, 7) is 3.51. The highest BCUT2D eigenvalue weighted by Crippen LogP contribution is 2.24. The van der Waals surface area contributed by atoms with Crippen LogP contribution in [0, 0.1) is 0 Å². The van der Waals surface area contributed by atoms with Gasteiger partial charge in [0.25, 0.3) is 0 Å². The number of aromatic nitrogens is 3. The predicted molar refractivity (Wildman–Crippen MR) is 136 cm³/mol. The average molecular weight is 483 g/mol. The van der Waals surface area contributed by atoms with Crippen LogP contribution in [0.2, 0.25) is 0 Å². The van der Waals surface area contributed by atoms with Gasteiger partial charge in [-0.1, -0.05) is 61.9 Å². The number of amides is 1. The van der Waals surface area contributed by atoms with Crippen LogP contribution in [-0.4, -0.2) is 43.9 Å². The first-order chi connectivity index (χ1) is 16.2. The summed E-state index contributed by atoms with van der Waals surface area (Å²) >= 11 is 0. The third kappa shape index (κ3) is 5.97. The molecule has 2 heterocycles. The zero-order valence-electron chi connectivity index (χ0n) is 19.4. The van der Waals surface area contributed by atoms with Gasteiger partial charge < -0.3 is 14.8 Å². The Hall–Kier alpha value is -3.32. The van der Waals surface area contributed by atoms with Gasteiger partial charge in [-0.25, -0.2) is 9.78 Å². The van der Waals surface area contributed by atoms with E-state index in [9.17, 15) is 9.90 Å². The highest BCUT2D eigenvalue weighted by molar-refractivity contribution is 6.02. The van der Waals surface area contributed by atoms with Crippen molar-refractivity contribution in [2.24, 2.45) is 0 Å². The number of hydrogen-bond acceptors (Lipinski definition) is 4. The van der Waals surface area contributed by atoms with Crippen LogP contribution in [0.1, 0.15) is 44.0 Å². The first-order valence-electron chi connectivity index (χ1n) is 11.6. The van der Waals surface area contributed by atoms with Gasteiger partial charge >= 0.3 is 6.09 Å². The highest BCUT2D eigenvalue weighted by atomic mass is 35.5. The van der Waals surface area contributed by atoms with Gasteiger partial charge in [0.05, 0.1) is 11.7 Å². The minimum absolute atomic E-state index is 0. The monoisotopic (exact) mass is 482 g/mol. The van der Waals surface area contributed by atoms with Crippen LogP contribution in [0.3, 0.4) is 0 Å². The molecule has 0 bridgehead atoms. The molecule has 34 heavy (non-hydrogen) atoms. The maximum atomic E-state index is 11.6. The van der Waals surface area contributed by atoms with E-state index in [4.69, 9.17) is 9.82 Å². The van der Waals surface area contributed by atoms with Crippen LogP contribution in [0.4, 0.5) is 4.79 Å². The number of para-hydroxylation sites is 1. The number of halogens is 1. The molecular weight excluding hydrogens is 452 g/mol. The zero-order valence-corrected chi connectivity index (χ0v) is 20.2. The molecule has 2 aromatic heterocycles. The number of carboxylic acid groups (broad SMARTS) is 1. The number of pyridine rings is 1. The number of carbonyl (C=O) groups is 1. The smallest absolute Gasteiger partial charge is 0.407 e. The molecule has 0 aliphatic heterocycles. The van der Waals surface area contributed by atoms with Crippen molar-refractivity contribution in [2.45, 2.75) is 45.6 Å². The van der Waals surface area contributed by atoms with Crippen LogP contribution in [-0.2, 0) is 13.0 Å². The Bertz CT molecular complexity index is 1210. The third-order valence-corrected chi connectivity index (χ3v) is 5.70. The molecule has 180 valence electrons. The number of nitrogens with zero attached hydrogens (tertiary/aromatic N) is 4. The van der Waals surface area contributed by atoms with Crippen molar-refractivity contribution in [2.75, 3.05) is 13.2 Å². The van der Waals surface area contributed by atoms with E-state index >= 15 is 0 Å². The first kappa shape index (κ1) is 25.3. The summed E-state index contributed by atoms with van der Waals surface area (Å²) in [5.41, 5.74) is 3.68. The quantitative estimate of drug-likeness (QED) is 0.276. The minimum Gasteiger partial charge on any atom is -0.465 e. The molecule has 0 radical (unpaired) electrons. The Labute approximate surface area is 205 Å². The second-order valence-electron chi connectivity index (χ2n) is 8.17. The summed E-state index contributed by atoms with van der Waals surface area (Å²) < 4.78 is 1.87. The van der Waals surface area contributed by atoms with Crippen molar-refractivity contribution in [1.82, 2.24) is 19.6 Å². The standard InChI is InChI=1S/C26H30N4O3.ClH/c1-2-3-15-24-28-23-18-27-22-14-8-7-13-21(22)25(23)30(24)33-17-10-9-16-29(26(31)32)19-20-11-5-4-6-12-20;/h4-8,11-14,18H,2-3,9-10,15-17,19H2,1H3,(H,31,32);1H. The van der Waals surface area contributed by atoms with Gasteiger partial charge in [0.15, 0.2) is 0 Å². The Morgan fingerprint density at radius 2 is 1.79 bits per heavy atom. The number of hydrogen-bond donors (Lipinski definition) is 1. The Kier molecular flexibility index (Phi) is 9.10. The van der Waals surface area contributed by atoms with Gasteiger partial charge in [-0.2, -0.15) is 4.73 Å². The molecule has 0 spiro atoms. The van der Waals surface area contributed by atoms with E-state index in [1.165, 1.54) is 4.90 Å². The van der Waals surface area contributed by atoms with Crippen molar-refractivity contribution in [3.8, 4) is 0 Å². The van der Waals surface area contributed by atoms with E-state index in [1.54, 1.807) is 6.20 Å². The van der Waals surface area contributed by atoms with E-state index in [-0.39, 0.29) is 12.4 Å². The molecule has 1 amide bonds. The number of imidazole rings is 1. The summed E-state index contributed by atoms with van der Waals surface area (Å²) in [4.78, 5) is 28.6. The molecule has 0 saturated heterocycles. The molecule has 1 N–H and O–H groups in total. The molecule has 7 nitrogen and oxygen atoms in total. The van der Waals surface area contributed by atoms with Gasteiger partial charge in [-0.3, -0.25) is 4.98 Å². The maximum Gasteiger partial charge on any atom is 0.407 e. The summed E-state index contributed by atoms with van der Waals surface area (Å²) in [5, 5.41) is 10.6. The number of rotatable bonds is 11. The van der Waals surface area contributed by atoms with Crippen LogP contribution < -0.4 is 4.84 Å². The molecule has 2 aromatic carbocycles. The molecule has 4 rings (SSSR count). The first-order valence-corrected chi connectivity index (χ1v) is 11.6. The van der Waals surface area contributed by atoms with Crippen LogP contribution in [0.25, 0.3) is 21.9 Å². The fourth-order valence-electron chi connectivity index (χ4n) is 3.96. The van der Waals surface area contributed by atoms with E-state index in [1.807, 2.05) is 59.3 Å². The lowest BCUT2D eigenvalue weighted by Crippen LogP contribution is -2.30. The van der Waals surface area contributed by atoms with Crippen LogP contribution >= 0.6 is 12.4 Å². The molecule has 0 unspecified atom stereocenters. The number of benzene rings is 2. The minimum atomic E-state index is -0.902. The number of aryl methyl sites for hydroxylation is 1. The molecule has 0 atom stereocenters. The van der Waals surface area contributed by atoms with Crippen LogP contribution in [0.5, 0.6) is 0 Å². The lowest BCUT2D eigenvalue weighted by atomic mass is 10.2. The molecule has 4 aromatic rings. The lowest BCUT2D eigenvalue weighted by molar-refractivity contribution is 0.104. The van der Waals surface area contributed by atoms with Crippen molar-refractivity contribution in [3.63, 3.8) is 0 Å². The van der Waals surface area contributed by atoms with Gasteiger partial charge in [0.2, 0.25) is 0 Å². The molecule has 0 saturated carbocycles. The predicted octanol–water partition coefficient (Wildman–Crippen LogP) is 5.74. The Balaban J connectivity index is 0.00000324. The summed E-state index contributed by atoms with van der Waals surface area (Å²) in [6, 6.07) is 17.7. The fraction of sp³-hybridized carbons (Fsp3) is 0.346. The lowest BCUT2D eigenvalue weighted by Gasteiger charge is -2.19. The normalized spacial score (nSPS) is 10.9. The topological polar surface area (TPSA) is 80.5 Å². The maximum absolute atomic E-state index is 11.6. The largest absolute Gasteiger partial charge is 0.465 e. The molecule has 0 aliphatic carbocycles. The van der Waals surface area contributed by atoms with E-state index < -0.39 is 6.09 Å². The SMILES string of the molecule is CCCCc1nc2cnc3ccccc3c2n1OCCCCN(Cc1ccccc1)C(=O)O.Cl. The molecule has 0 fully saturated rings. The van der Waals surface area contributed by atoms with Crippen molar-refractivity contribution >= 4 is 40.4 Å². The summed E-state index contributed by atoms with van der Waals surface area (Å²) in [7, 11) is 0. The van der Waals surface area contributed by atoms with Gasteiger partial charge in [-0.15, -0.1) is 12.4 Å². The second-order valence-corrected chi connectivity index (χ2v) is 8.17. The van der Waals surface area contributed by atoms with Gasteiger partial charge in [0, 0.05) is 24.9 Å². The Morgan fingerprint density at radius 1 is 1.03 bits per heavy atom. The van der Waals surface area contributed by atoms with Crippen molar-refractivity contribution in [3.05, 3.63) is 72.2 Å². The molecular formula is C26H31ClN4O3. The van der Waals surface area contributed by atoms with Crippen molar-refractivity contribution < 1.29 is 14.7 Å². The molecule has 8 heteroatoms. The van der Waals surface area contributed by atoms with Gasteiger partial charge in [-0.05, 0) is 30.9 Å². The average Bonchev–Trinajstić information content (AvgIpc) is 3.20. The third-order valence-electron chi connectivity index (χ3n) is 5.70. The van der Waals surface area contributed by atoms with E-state index in [2.05, 4.69) is 11.9 Å². The fourth-order valence-corrected chi connectivity index (χ4v) is 3.96. The highest BCUT2D eigenvalue weighted by Gasteiger charge is 2.16. The number of fused-ring (bicyclic) bond motifs is 3. The second kappa shape index (κ2) is 12.2.